The first-order valence-corrected chi connectivity index (χ1v) is 12.0. The fourth-order valence-electron chi connectivity index (χ4n) is 4.12. The zero-order valence-electron chi connectivity index (χ0n) is 20.5. The van der Waals surface area contributed by atoms with E-state index < -0.39 is 0 Å². The van der Waals surface area contributed by atoms with Crippen LogP contribution in [0.3, 0.4) is 0 Å². The van der Waals surface area contributed by atoms with Crippen molar-refractivity contribution in [2.24, 2.45) is 0 Å². The van der Waals surface area contributed by atoms with E-state index >= 15 is 0 Å². The summed E-state index contributed by atoms with van der Waals surface area (Å²) in [4.78, 5) is 22.4. The molecule has 0 amide bonds. The molecule has 0 aliphatic carbocycles. The van der Waals surface area contributed by atoms with Gasteiger partial charge in [-0.1, -0.05) is 38.8 Å². The fraction of sp³-hybridized carbons (Fsp3) is 0.600. The number of anilines is 1. The normalized spacial score (nSPS) is 13.2. The van der Waals surface area contributed by atoms with Gasteiger partial charge in [0.15, 0.2) is 0 Å². The number of halogens is 2. The molecule has 0 saturated carbocycles. The Morgan fingerprint density at radius 3 is 2.59 bits per heavy atom. The van der Waals surface area contributed by atoms with E-state index in [1.165, 1.54) is 37.9 Å². The highest BCUT2D eigenvalue weighted by Crippen LogP contribution is 2.18. The molecule has 0 radical (unpaired) electrons. The Bertz CT molecular complexity index is 873. The maximum Gasteiger partial charge on any atom is 0.277 e. The van der Waals surface area contributed by atoms with Crippen LogP contribution in [0, 0.1) is 0 Å². The van der Waals surface area contributed by atoms with Crippen molar-refractivity contribution in [2.75, 3.05) is 31.6 Å². The number of hydrogen-bond acceptors (Lipinski definition) is 5. The molecule has 1 fully saturated rings. The maximum absolute atomic E-state index is 12.4. The Kier molecular flexibility index (Phi) is 16.7. The van der Waals surface area contributed by atoms with Gasteiger partial charge in [-0.2, -0.15) is 4.98 Å². The summed E-state index contributed by atoms with van der Waals surface area (Å²) in [5.41, 5.74) is 3.04. The summed E-state index contributed by atoms with van der Waals surface area (Å²) in [6, 6.07) is 8.44. The van der Waals surface area contributed by atoms with Crippen molar-refractivity contribution >= 4 is 30.8 Å². The zero-order valence-corrected chi connectivity index (χ0v) is 22.2. The van der Waals surface area contributed by atoms with E-state index in [1.54, 1.807) is 0 Å². The molecule has 1 aromatic heterocycles. The van der Waals surface area contributed by atoms with Crippen molar-refractivity contribution in [1.29, 1.82) is 0 Å². The van der Waals surface area contributed by atoms with Crippen molar-refractivity contribution in [3.05, 3.63) is 51.4 Å². The van der Waals surface area contributed by atoms with E-state index in [9.17, 15) is 4.79 Å². The number of benzene rings is 1. The van der Waals surface area contributed by atoms with Gasteiger partial charge in [0.2, 0.25) is 5.95 Å². The number of hydrogen-bond donors (Lipinski definition) is 2. The number of piperidine rings is 1. The highest BCUT2D eigenvalue weighted by Gasteiger charge is 2.11. The number of aromatic nitrogens is 2. The van der Waals surface area contributed by atoms with Gasteiger partial charge in [-0.25, -0.2) is 0 Å². The van der Waals surface area contributed by atoms with Gasteiger partial charge in [0.25, 0.3) is 5.56 Å². The van der Waals surface area contributed by atoms with E-state index in [1.807, 2.05) is 6.07 Å². The number of nitrogens with one attached hydrogen (secondary N) is 2. The second-order valence-electron chi connectivity index (χ2n) is 8.42. The number of nitrogens with zero attached hydrogens (tertiary/aromatic N) is 2. The molecule has 7 nitrogen and oxygen atoms in total. The summed E-state index contributed by atoms with van der Waals surface area (Å²) < 4.78 is 5.95. The van der Waals surface area contributed by atoms with E-state index in [-0.39, 0.29) is 35.8 Å². The lowest BCUT2D eigenvalue weighted by Crippen LogP contribution is -2.29. The Balaban J connectivity index is 0.00000363. The summed E-state index contributed by atoms with van der Waals surface area (Å²) in [7, 11) is 0. The molecule has 34 heavy (non-hydrogen) atoms. The monoisotopic (exact) mass is 516 g/mol. The van der Waals surface area contributed by atoms with Crippen LogP contribution in [0.15, 0.2) is 29.1 Å². The Hall–Kier alpha value is -1.80. The van der Waals surface area contributed by atoms with Crippen LogP contribution < -0.4 is 15.6 Å². The van der Waals surface area contributed by atoms with Crippen molar-refractivity contribution in [1.82, 2.24) is 14.9 Å². The predicted octanol–water partition coefficient (Wildman–Crippen LogP) is 4.56. The molecule has 0 bridgehead atoms. The van der Waals surface area contributed by atoms with Gasteiger partial charge in [-0.15, -0.1) is 24.8 Å². The van der Waals surface area contributed by atoms with Crippen molar-refractivity contribution in [3.63, 3.8) is 0 Å². The van der Waals surface area contributed by atoms with Crippen molar-refractivity contribution in [2.45, 2.75) is 71.8 Å². The van der Waals surface area contributed by atoms with Crippen LogP contribution in [0.25, 0.3) is 0 Å². The maximum atomic E-state index is 12.4. The standard InChI is InChI=1S/C25H38N4O2.2ClH.H2O/c1-3-5-13-22-23(4-2)27-25(28-24(22)30)26-14-10-17-31-21-12-9-11-20(18-21)19-29-15-7-6-8-16-29;;;/h9,11-12,18H,3-8,10,13-17,19H2,1-2H3,(H2,26,27,28,30);2*1H;1H2. The van der Waals surface area contributed by atoms with Crippen LogP contribution >= 0.6 is 24.8 Å². The Morgan fingerprint density at radius 2 is 1.88 bits per heavy atom. The summed E-state index contributed by atoms with van der Waals surface area (Å²) >= 11 is 0. The largest absolute Gasteiger partial charge is 0.494 e. The van der Waals surface area contributed by atoms with Crippen LogP contribution in [0.2, 0.25) is 0 Å². The molecule has 9 heteroatoms. The SMILES string of the molecule is CCCCc1c(CC)[nH]c(NCCCOc2cccc(CN3CCCCC3)c2)nc1=O.Cl.Cl.O. The van der Waals surface area contributed by atoms with Gasteiger partial charge in [0.1, 0.15) is 5.75 Å². The smallest absolute Gasteiger partial charge is 0.277 e. The highest BCUT2D eigenvalue weighted by atomic mass is 35.5. The molecule has 0 atom stereocenters. The molecule has 4 N–H and O–H groups in total. The van der Waals surface area contributed by atoms with Gasteiger partial charge < -0.3 is 20.5 Å². The minimum atomic E-state index is -0.103. The van der Waals surface area contributed by atoms with E-state index in [0.29, 0.717) is 19.1 Å². The van der Waals surface area contributed by atoms with E-state index in [2.05, 4.69) is 52.2 Å². The second-order valence-corrected chi connectivity index (χ2v) is 8.42. The third kappa shape index (κ3) is 10.2. The molecule has 2 heterocycles. The van der Waals surface area contributed by atoms with Gasteiger partial charge >= 0.3 is 0 Å². The number of H-pyrrole nitrogens is 1. The lowest BCUT2D eigenvalue weighted by atomic mass is 10.1. The Morgan fingerprint density at radius 1 is 1.12 bits per heavy atom. The molecule has 1 aromatic carbocycles. The minimum absolute atomic E-state index is 0. The lowest BCUT2D eigenvalue weighted by molar-refractivity contribution is 0.220. The second kappa shape index (κ2) is 17.6. The van der Waals surface area contributed by atoms with Crippen LogP contribution in [0.1, 0.15) is 69.2 Å². The first-order valence-electron chi connectivity index (χ1n) is 12.0. The third-order valence-electron chi connectivity index (χ3n) is 5.87. The lowest BCUT2D eigenvalue weighted by Gasteiger charge is -2.26. The Labute approximate surface area is 216 Å². The first kappa shape index (κ1) is 32.2. The molecule has 2 aromatic rings. The molecule has 1 saturated heterocycles. The number of ether oxygens (including phenoxy) is 1. The van der Waals surface area contributed by atoms with Gasteiger partial charge in [-0.3, -0.25) is 9.69 Å². The molecule has 1 aliphatic heterocycles. The number of likely N-dealkylation sites (tertiary alicyclic amines) is 1. The summed E-state index contributed by atoms with van der Waals surface area (Å²) in [5, 5.41) is 3.24. The van der Waals surface area contributed by atoms with Gasteiger partial charge in [-0.05, 0) is 69.3 Å². The van der Waals surface area contributed by atoms with Crippen LogP contribution in [0.4, 0.5) is 5.95 Å². The van der Waals surface area contributed by atoms with E-state index in [4.69, 9.17) is 4.74 Å². The molecule has 3 rings (SSSR count). The molecule has 1 aliphatic rings. The minimum Gasteiger partial charge on any atom is -0.494 e. The predicted molar refractivity (Wildman–Crippen MR) is 145 cm³/mol. The third-order valence-corrected chi connectivity index (χ3v) is 5.87. The van der Waals surface area contributed by atoms with Gasteiger partial charge in [0.05, 0.1) is 6.61 Å². The molecule has 0 unspecified atom stereocenters. The zero-order chi connectivity index (χ0) is 21.9. The van der Waals surface area contributed by atoms with Crippen molar-refractivity contribution in [3.8, 4) is 5.75 Å². The van der Waals surface area contributed by atoms with Crippen LogP contribution in [-0.2, 0) is 19.4 Å². The molecule has 0 spiro atoms. The van der Waals surface area contributed by atoms with Crippen molar-refractivity contribution < 1.29 is 10.2 Å². The summed E-state index contributed by atoms with van der Waals surface area (Å²) in [5.74, 6) is 1.49. The first-order chi connectivity index (χ1) is 15.2. The quantitative estimate of drug-likeness (QED) is 0.402. The molecule has 194 valence electrons. The number of aryl methyl sites for hydroxylation is 1. The number of aromatic amines is 1. The summed E-state index contributed by atoms with van der Waals surface area (Å²) in [6.45, 7) is 8.94. The van der Waals surface area contributed by atoms with Gasteiger partial charge in [0, 0.05) is 24.3 Å². The average Bonchev–Trinajstić information content (AvgIpc) is 2.79. The average molecular weight is 518 g/mol. The summed E-state index contributed by atoms with van der Waals surface area (Å²) in [6.07, 6.45) is 8.51. The van der Waals surface area contributed by atoms with Crippen LogP contribution in [-0.4, -0.2) is 46.6 Å². The number of unbranched alkanes of at least 4 members (excludes halogenated alkanes) is 1. The molecular weight excluding hydrogens is 475 g/mol. The number of rotatable bonds is 12. The highest BCUT2D eigenvalue weighted by molar-refractivity contribution is 5.85. The topological polar surface area (TPSA) is 102 Å². The fourth-order valence-corrected chi connectivity index (χ4v) is 4.12. The molecular formula is C25H42Cl2N4O3. The van der Waals surface area contributed by atoms with Crippen LogP contribution in [0.5, 0.6) is 5.75 Å². The van der Waals surface area contributed by atoms with E-state index in [0.717, 1.165) is 55.7 Å².